The molecule has 1 aliphatic rings. The molecule has 3 heteroatoms. The van der Waals surface area contributed by atoms with Crippen LogP contribution in [0.3, 0.4) is 0 Å². The van der Waals surface area contributed by atoms with E-state index in [4.69, 9.17) is 9.47 Å². The molecule has 0 unspecified atom stereocenters. The second-order valence-electron chi connectivity index (χ2n) is 6.25. The van der Waals surface area contributed by atoms with Gasteiger partial charge in [0.2, 0.25) is 0 Å². The third-order valence-corrected chi connectivity index (χ3v) is 4.40. The number of methoxy groups -OCH3 is 1. The molecule has 2 rings (SSSR count). The molecule has 24 heavy (non-hydrogen) atoms. The van der Waals surface area contributed by atoms with Gasteiger partial charge in [-0.2, -0.15) is 0 Å². The molecule has 3 nitrogen and oxygen atoms in total. The Balaban J connectivity index is 1.97. The molecule has 0 fully saturated rings. The van der Waals surface area contributed by atoms with Gasteiger partial charge in [-0.15, -0.1) is 6.58 Å². The zero-order chi connectivity index (χ0) is 17.2. The van der Waals surface area contributed by atoms with Crippen LogP contribution in [0.15, 0.2) is 36.4 Å². The summed E-state index contributed by atoms with van der Waals surface area (Å²) < 4.78 is 11.3. The number of nitrogens with one attached hydrogen (secondary N) is 1. The molecule has 0 atom stereocenters. The first-order valence-corrected chi connectivity index (χ1v) is 9.10. The van der Waals surface area contributed by atoms with Gasteiger partial charge < -0.3 is 14.8 Å². The number of ether oxygens (including phenoxy) is 2. The molecule has 1 N–H and O–H groups in total. The molecular formula is C21H31NO2. The van der Waals surface area contributed by atoms with Crippen molar-refractivity contribution in [2.45, 2.75) is 52.0 Å². The van der Waals surface area contributed by atoms with Crippen LogP contribution >= 0.6 is 0 Å². The maximum absolute atomic E-state index is 5.77. The van der Waals surface area contributed by atoms with Crippen molar-refractivity contribution in [2.24, 2.45) is 0 Å². The van der Waals surface area contributed by atoms with E-state index >= 15 is 0 Å². The van der Waals surface area contributed by atoms with Crippen LogP contribution < -0.4 is 14.8 Å². The van der Waals surface area contributed by atoms with Crippen molar-refractivity contribution in [1.82, 2.24) is 5.32 Å². The maximum Gasteiger partial charge on any atom is 0.164 e. The van der Waals surface area contributed by atoms with Crippen molar-refractivity contribution in [1.29, 1.82) is 0 Å². The Morgan fingerprint density at radius 2 is 2.17 bits per heavy atom. The number of rotatable bonds is 10. The van der Waals surface area contributed by atoms with Crippen LogP contribution in [-0.2, 0) is 13.0 Å². The Morgan fingerprint density at radius 1 is 1.29 bits per heavy atom. The summed E-state index contributed by atoms with van der Waals surface area (Å²) in [5, 5.41) is 3.56. The summed E-state index contributed by atoms with van der Waals surface area (Å²) >= 11 is 0. The largest absolute Gasteiger partial charge is 0.493 e. The van der Waals surface area contributed by atoms with Gasteiger partial charge in [0.05, 0.1) is 13.7 Å². The Morgan fingerprint density at radius 3 is 2.83 bits per heavy atom. The quantitative estimate of drug-likeness (QED) is 0.494. The van der Waals surface area contributed by atoms with Gasteiger partial charge in [-0.3, -0.25) is 0 Å². The van der Waals surface area contributed by atoms with Gasteiger partial charge in [-0.1, -0.05) is 23.8 Å². The van der Waals surface area contributed by atoms with Crippen LogP contribution in [0.1, 0.15) is 50.2 Å². The van der Waals surface area contributed by atoms with Crippen LogP contribution in [0.2, 0.25) is 0 Å². The molecule has 132 valence electrons. The lowest BCUT2D eigenvalue weighted by Crippen LogP contribution is -2.16. The highest BCUT2D eigenvalue weighted by atomic mass is 16.5. The number of benzene rings is 1. The molecule has 1 aromatic carbocycles. The first-order chi connectivity index (χ1) is 11.8. The average Bonchev–Trinajstić information content (AvgIpc) is 2.61. The van der Waals surface area contributed by atoms with E-state index in [1.54, 1.807) is 12.7 Å². The Labute approximate surface area is 146 Å². The first kappa shape index (κ1) is 18.6. The van der Waals surface area contributed by atoms with Crippen LogP contribution in [0.25, 0.3) is 0 Å². The molecule has 0 heterocycles. The summed E-state index contributed by atoms with van der Waals surface area (Å²) in [4.78, 5) is 0. The normalized spacial score (nSPS) is 14.2. The van der Waals surface area contributed by atoms with E-state index in [2.05, 4.69) is 30.1 Å². The number of hydrogen-bond donors (Lipinski definition) is 1. The Bertz CT molecular complexity index is 563. The third-order valence-electron chi connectivity index (χ3n) is 4.40. The summed E-state index contributed by atoms with van der Waals surface area (Å²) in [6.45, 7) is 8.35. The van der Waals surface area contributed by atoms with Crippen molar-refractivity contribution in [3.8, 4) is 11.5 Å². The second kappa shape index (κ2) is 10.2. The van der Waals surface area contributed by atoms with E-state index in [9.17, 15) is 0 Å². The molecule has 0 spiro atoms. The van der Waals surface area contributed by atoms with Gasteiger partial charge in [0.1, 0.15) is 0 Å². The van der Waals surface area contributed by atoms with Crippen molar-refractivity contribution in [3.63, 3.8) is 0 Å². The summed E-state index contributed by atoms with van der Waals surface area (Å²) in [5.74, 6) is 1.65. The van der Waals surface area contributed by atoms with Gasteiger partial charge >= 0.3 is 0 Å². The van der Waals surface area contributed by atoms with E-state index in [1.807, 2.05) is 13.0 Å². The summed E-state index contributed by atoms with van der Waals surface area (Å²) in [7, 11) is 1.70. The highest BCUT2D eigenvalue weighted by molar-refractivity contribution is 5.50. The zero-order valence-corrected chi connectivity index (χ0v) is 15.2. The molecule has 0 amide bonds. The van der Waals surface area contributed by atoms with Crippen molar-refractivity contribution in [3.05, 3.63) is 47.6 Å². The fraction of sp³-hybridized carbons (Fsp3) is 0.524. The molecule has 0 aliphatic heterocycles. The SMILES string of the molecule is C=CCc1cc(CNCCC2=CCCCC2)cc(OC)c1OCC. The minimum atomic E-state index is 0.632. The van der Waals surface area contributed by atoms with Gasteiger partial charge in [-0.25, -0.2) is 0 Å². The summed E-state index contributed by atoms with van der Waals surface area (Å²) in [6, 6.07) is 4.27. The Kier molecular flexibility index (Phi) is 7.90. The molecule has 0 radical (unpaired) electrons. The lowest BCUT2D eigenvalue weighted by Gasteiger charge is -2.16. The molecule has 0 saturated carbocycles. The van der Waals surface area contributed by atoms with E-state index in [0.717, 1.165) is 43.0 Å². The topological polar surface area (TPSA) is 30.5 Å². The lowest BCUT2D eigenvalue weighted by atomic mass is 9.97. The molecule has 0 saturated heterocycles. The fourth-order valence-electron chi connectivity index (χ4n) is 3.21. The standard InChI is InChI=1S/C21H31NO2/c1-4-9-19-14-18(15-20(23-3)21(19)24-5-2)16-22-13-12-17-10-7-6-8-11-17/h4,10,14-15,22H,1,5-9,11-13,16H2,2-3H3. The molecular weight excluding hydrogens is 298 g/mol. The maximum atomic E-state index is 5.77. The predicted molar refractivity (Wildman–Crippen MR) is 101 cm³/mol. The molecule has 0 aromatic heterocycles. The predicted octanol–water partition coefficient (Wildman–Crippen LogP) is 4.80. The highest BCUT2D eigenvalue weighted by Crippen LogP contribution is 2.33. The third kappa shape index (κ3) is 5.41. The van der Waals surface area contributed by atoms with Gasteiger partial charge in [0.25, 0.3) is 0 Å². The van der Waals surface area contributed by atoms with Gasteiger partial charge in [-0.05, 0) is 63.6 Å². The molecule has 1 aliphatic carbocycles. The minimum absolute atomic E-state index is 0.632. The van der Waals surface area contributed by atoms with Crippen LogP contribution in [0.4, 0.5) is 0 Å². The van der Waals surface area contributed by atoms with Crippen molar-refractivity contribution >= 4 is 0 Å². The Hall–Kier alpha value is -1.74. The van der Waals surface area contributed by atoms with Crippen LogP contribution in [0.5, 0.6) is 11.5 Å². The van der Waals surface area contributed by atoms with E-state index in [0.29, 0.717) is 6.61 Å². The van der Waals surface area contributed by atoms with E-state index in [1.165, 1.54) is 31.2 Å². The smallest absolute Gasteiger partial charge is 0.164 e. The zero-order valence-electron chi connectivity index (χ0n) is 15.2. The molecule has 1 aromatic rings. The lowest BCUT2D eigenvalue weighted by molar-refractivity contribution is 0.308. The van der Waals surface area contributed by atoms with Gasteiger partial charge in [0.15, 0.2) is 11.5 Å². The first-order valence-electron chi connectivity index (χ1n) is 9.10. The van der Waals surface area contributed by atoms with Gasteiger partial charge in [0, 0.05) is 12.1 Å². The highest BCUT2D eigenvalue weighted by Gasteiger charge is 2.12. The number of allylic oxidation sites excluding steroid dienone is 2. The average molecular weight is 329 g/mol. The summed E-state index contributed by atoms with van der Waals surface area (Å²) in [6.07, 6.45) is 11.5. The van der Waals surface area contributed by atoms with Crippen molar-refractivity contribution < 1.29 is 9.47 Å². The number of hydrogen-bond acceptors (Lipinski definition) is 3. The minimum Gasteiger partial charge on any atom is -0.493 e. The van der Waals surface area contributed by atoms with Crippen LogP contribution in [0, 0.1) is 0 Å². The van der Waals surface area contributed by atoms with E-state index in [-0.39, 0.29) is 0 Å². The molecule has 0 bridgehead atoms. The van der Waals surface area contributed by atoms with Crippen molar-refractivity contribution in [2.75, 3.05) is 20.3 Å². The van der Waals surface area contributed by atoms with E-state index < -0.39 is 0 Å². The fourth-order valence-corrected chi connectivity index (χ4v) is 3.21. The summed E-state index contributed by atoms with van der Waals surface area (Å²) in [5.41, 5.74) is 3.98. The monoisotopic (exact) mass is 329 g/mol. The second-order valence-corrected chi connectivity index (χ2v) is 6.25. The van der Waals surface area contributed by atoms with Crippen LogP contribution in [-0.4, -0.2) is 20.3 Å².